The van der Waals surface area contributed by atoms with Crippen molar-refractivity contribution in [2.24, 2.45) is 0 Å². The van der Waals surface area contributed by atoms with Crippen molar-refractivity contribution < 1.29 is 9.21 Å². The molecule has 1 amide bonds. The van der Waals surface area contributed by atoms with E-state index in [1.165, 1.54) is 0 Å². The lowest BCUT2D eigenvalue weighted by Gasteiger charge is -2.05. The highest BCUT2D eigenvalue weighted by molar-refractivity contribution is 6.04. The minimum absolute atomic E-state index is 0.175. The second-order valence-electron chi connectivity index (χ2n) is 4.25. The number of nitrogens with zero attached hydrogens (tertiary/aromatic N) is 1. The van der Waals surface area contributed by atoms with Crippen LogP contribution in [0, 0.1) is 0 Å². The van der Waals surface area contributed by atoms with E-state index in [4.69, 9.17) is 4.42 Å². The molecule has 0 atom stereocenters. The number of hydrogen-bond donors (Lipinski definition) is 1. The van der Waals surface area contributed by atoms with Crippen LogP contribution in [0.1, 0.15) is 10.4 Å². The molecule has 0 unspecified atom stereocenters. The van der Waals surface area contributed by atoms with Crippen LogP contribution in [-0.4, -0.2) is 10.9 Å². The van der Waals surface area contributed by atoms with Crippen LogP contribution < -0.4 is 5.32 Å². The zero-order valence-corrected chi connectivity index (χ0v) is 10.6. The molecule has 0 saturated carbocycles. The van der Waals surface area contributed by atoms with Crippen LogP contribution in [0.5, 0.6) is 0 Å². The Balaban J connectivity index is 1.84. The highest BCUT2D eigenvalue weighted by atomic mass is 16.3. The van der Waals surface area contributed by atoms with Crippen molar-refractivity contribution in [2.45, 2.75) is 0 Å². The minimum Gasteiger partial charge on any atom is -0.464 e. The summed E-state index contributed by atoms with van der Waals surface area (Å²) in [6.45, 7) is 0. The van der Waals surface area contributed by atoms with E-state index in [0.717, 1.165) is 11.3 Å². The van der Waals surface area contributed by atoms with Gasteiger partial charge < -0.3 is 9.73 Å². The van der Waals surface area contributed by atoms with Crippen molar-refractivity contribution in [2.75, 3.05) is 5.32 Å². The van der Waals surface area contributed by atoms with Gasteiger partial charge in [0.1, 0.15) is 5.76 Å². The smallest absolute Gasteiger partial charge is 0.255 e. The zero-order chi connectivity index (χ0) is 13.8. The summed E-state index contributed by atoms with van der Waals surface area (Å²) >= 11 is 0. The van der Waals surface area contributed by atoms with Gasteiger partial charge in [-0.05, 0) is 36.4 Å². The quantitative estimate of drug-likeness (QED) is 0.786. The van der Waals surface area contributed by atoms with Crippen LogP contribution in [0.3, 0.4) is 0 Å². The van der Waals surface area contributed by atoms with Gasteiger partial charge in [0.15, 0.2) is 0 Å². The third kappa shape index (κ3) is 2.59. The second-order valence-corrected chi connectivity index (χ2v) is 4.25. The Morgan fingerprint density at radius 2 is 2.05 bits per heavy atom. The van der Waals surface area contributed by atoms with E-state index in [0.29, 0.717) is 11.3 Å². The first-order valence-electron chi connectivity index (χ1n) is 6.18. The van der Waals surface area contributed by atoms with Gasteiger partial charge in [-0.3, -0.25) is 9.78 Å². The van der Waals surface area contributed by atoms with Gasteiger partial charge in [-0.1, -0.05) is 12.1 Å². The molecule has 1 aromatic carbocycles. The van der Waals surface area contributed by atoms with E-state index in [2.05, 4.69) is 10.3 Å². The lowest BCUT2D eigenvalue weighted by molar-refractivity contribution is 0.102. The van der Waals surface area contributed by atoms with Gasteiger partial charge in [0.05, 0.1) is 18.1 Å². The number of benzene rings is 1. The number of nitrogens with one attached hydrogen (secondary N) is 1. The van der Waals surface area contributed by atoms with Gasteiger partial charge in [-0.15, -0.1) is 0 Å². The van der Waals surface area contributed by atoms with Crippen LogP contribution in [0.4, 0.5) is 5.69 Å². The fourth-order valence-electron chi connectivity index (χ4n) is 1.90. The molecule has 3 aromatic rings. The Bertz CT molecular complexity index is 706. The molecule has 0 aliphatic carbocycles. The summed E-state index contributed by atoms with van der Waals surface area (Å²) in [4.78, 5) is 16.1. The Labute approximate surface area is 116 Å². The standard InChI is InChI=1S/C16H12N2O2/c19-16(18-14-6-2-8-17-11-14)13-5-1-4-12(10-13)15-7-3-9-20-15/h1-11H,(H,18,19). The highest BCUT2D eigenvalue weighted by Gasteiger charge is 2.08. The molecule has 20 heavy (non-hydrogen) atoms. The number of rotatable bonds is 3. The van der Waals surface area contributed by atoms with Crippen molar-refractivity contribution in [3.05, 3.63) is 72.8 Å². The summed E-state index contributed by atoms with van der Waals surface area (Å²) in [6, 6.07) is 14.5. The Kier molecular flexibility index (Phi) is 3.29. The third-order valence-electron chi connectivity index (χ3n) is 2.85. The predicted octanol–water partition coefficient (Wildman–Crippen LogP) is 3.59. The summed E-state index contributed by atoms with van der Waals surface area (Å²) in [5.41, 5.74) is 2.11. The summed E-state index contributed by atoms with van der Waals surface area (Å²) < 4.78 is 5.33. The fraction of sp³-hybridized carbons (Fsp3) is 0. The molecule has 0 aliphatic rings. The van der Waals surface area contributed by atoms with Gasteiger partial charge in [0, 0.05) is 17.3 Å². The SMILES string of the molecule is O=C(Nc1cccnc1)c1cccc(-c2ccco2)c1. The molecular formula is C16H12N2O2. The maximum atomic E-state index is 12.2. The Morgan fingerprint density at radius 1 is 1.10 bits per heavy atom. The van der Waals surface area contributed by atoms with Crippen LogP contribution in [0.2, 0.25) is 0 Å². The van der Waals surface area contributed by atoms with Crippen LogP contribution >= 0.6 is 0 Å². The van der Waals surface area contributed by atoms with Crippen molar-refractivity contribution in [1.82, 2.24) is 4.98 Å². The van der Waals surface area contributed by atoms with Gasteiger partial charge in [-0.25, -0.2) is 0 Å². The van der Waals surface area contributed by atoms with E-state index in [1.807, 2.05) is 24.3 Å². The van der Waals surface area contributed by atoms with Crippen molar-refractivity contribution in [1.29, 1.82) is 0 Å². The molecule has 0 saturated heterocycles. The molecule has 0 radical (unpaired) electrons. The molecule has 2 heterocycles. The zero-order valence-electron chi connectivity index (χ0n) is 10.6. The van der Waals surface area contributed by atoms with Crippen molar-refractivity contribution >= 4 is 11.6 Å². The molecule has 0 aliphatic heterocycles. The molecule has 0 bridgehead atoms. The summed E-state index contributed by atoms with van der Waals surface area (Å²) in [5, 5.41) is 2.80. The fourth-order valence-corrected chi connectivity index (χ4v) is 1.90. The third-order valence-corrected chi connectivity index (χ3v) is 2.85. The topological polar surface area (TPSA) is 55.1 Å². The monoisotopic (exact) mass is 264 g/mol. The molecule has 0 fully saturated rings. The van der Waals surface area contributed by atoms with Gasteiger partial charge in [-0.2, -0.15) is 0 Å². The van der Waals surface area contributed by atoms with E-state index < -0.39 is 0 Å². The lowest BCUT2D eigenvalue weighted by atomic mass is 10.1. The molecule has 0 spiro atoms. The highest BCUT2D eigenvalue weighted by Crippen LogP contribution is 2.21. The molecule has 3 rings (SSSR count). The van der Waals surface area contributed by atoms with E-state index in [1.54, 1.807) is 42.9 Å². The Morgan fingerprint density at radius 3 is 2.80 bits per heavy atom. The average molecular weight is 264 g/mol. The normalized spacial score (nSPS) is 10.2. The van der Waals surface area contributed by atoms with Crippen LogP contribution in [-0.2, 0) is 0 Å². The number of furan rings is 1. The first kappa shape index (κ1) is 12.2. The number of hydrogen-bond acceptors (Lipinski definition) is 3. The van der Waals surface area contributed by atoms with E-state index in [-0.39, 0.29) is 5.91 Å². The molecule has 4 nitrogen and oxygen atoms in total. The number of anilines is 1. The molecule has 4 heteroatoms. The maximum Gasteiger partial charge on any atom is 0.255 e. The van der Waals surface area contributed by atoms with Gasteiger partial charge in [0.2, 0.25) is 0 Å². The first-order chi connectivity index (χ1) is 9.83. The van der Waals surface area contributed by atoms with E-state index >= 15 is 0 Å². The number of carbonyl (C=O) groups excluding carboxylic acids is 1. The van der Waals surface area contributed by atoms with Crippen molar-refractivity contribution in [3.8, 4) is 11.3 Å². The van der Waals surface area contributed by atoms with Crippen molar-refractivity contribution in [3.63, 3.8) is 0 Å². The number of amides is 1. The molecule has 98 valence electrons. The average Bonchev–Trinajstić information content (AvgIpc) is 3.03. The minimum atomic E-state index is -0.175. The molecule has 2 aromatic heterocycles. The van der Waals surface area contributed by atoms with Gasteiger partial charge >= 0.3 is 0 Å². The van der Waals surface area contributed by atoms with E-state index in [9.17, 15) is 4.79 Å². The maximum absolute atomic E-state index is 12.2. The van der Waals surface area contributed by atoms with Crippen LogP contribution in [0.25, 0.3) is 11.3 Å². The summed E-state index contributed by atoms with van der Waals surface area (Å²) in [6.07, 6.45) is 4.87. The largest absolute Gasteiger partial charge is 0.464 e. The number of carbonyl (C=O) groups is 1. The molecule has 1 N–H and O–H groups in total. The predicted molar refractivity (Wildman–Crippen MR) is 76.3 cm³/mol. The van der Waals surface area contributed by atoms with Gasteiger partial charge in [0.25, 0.3) is 5.91 Å². The summed E-state index contributed by atoms with van der Waals surface area (Å²) in [7, 11) is 0. The first-order valence-corrected chi connectivity index (χ1v) is 6.18. The number of aromatic nitrogens is 1. The number of pyridine rings is 1. The Hall–Kier alpha value is -2.88. The molecular weight excluding hydrogens is 252 g/mol. The van der Waals surface area contributed by atoms with Crippen LogP contribution in [0.15, 0.2) is 71.6 Å². The second kappa shape index (κ2) is 5.40. The lowest BCUT2D eigenvalue weighted by Crippen LogP contribution is -2.11. The summed E-state index contributed by atoms with van der Waals surface area (Å²) in [5.74, 6) is 0.562.